The third-order valence-corrected chi connectivity index (χ3v) is 3.11. The van der Waals surface area contributed by atoms with Crippen molar-refractivity contribution in [1.29, 1.82) is 0 Å². The quantitative estimate of drug-likeness (QED) is 0.746. The van der Waals surface area contributed by atoms with E-state index in [-0.39, 0.29) is 6.03 Å². The van der Waals surface area contributed by atoms with Crippen LogP contribution < -0.4 is 10.6 Å². The Morgan fingerprint density at radius 1 is 1.31 bits per heavy atom. The number of amides is 2. The molecule has 1 rings (SSSR count). The topological polar surface area (TPSA) is 44.4 Å². The molecule has 1 aliphatic heterocycles. The predicted octanol–water partition coefficient (Wildman–Crippen LogP) is 1.43. The van der Waals surface area contributed by atoms with Crippen LogP contribution >= 0.6 is 0 Å². The number of rotatable bonds is 5. The molecule has 1 heterocycles. The maximum atomic E-state index is 11.7. The third-order valence-electron chi connectivity index (χ3n) is 3.11. The van der Waals surface area contributed by atoms with E-state index in [1.807, 2.05) is 4.90 Å². The van der Waals surface area contributed by atoms with Crippen LogP contribution in [0.25, 0.3) is 0 Å². The average Bonchev–Trinajstić information content (AvgIpc) is 2.34. The Morgan fingerprint density at radius 2 is 2.00 bits per heavy atom. The zero-order valence-electron chi connectivity index (χ0n) is 10.6. The summed E-state index contributed by atoms with van der Waals surface area (Å²) in [6.07, 6.45) is 3.27. The van der Waals surface area contributed by atoms with Crippen molar-refractivity contribution < 1.29 is 4.79 Å². The van der Waals surface area contributed by atoms with Gasteiger partial charge in [-0.1, -0.05) is 13.8 Å². The van der Waals surface area contributed by atoms with Crippen molar-refractivity contribution in [2.24, 2.45) is 5.92 Å². The smallest absolute Gasteiger partial charge is 0.317 e. The van der Waals surface area contributed by atoms with Gasteiger partial charge in [0.05, 0.1) is 0 Å². The molecule has 2 amide bonds. The summed E-state index contributed by atoms with van der Waals surface area (Å²) in [6.45, 7) is 8.95. The normalized spacial score (nSPS) is 17.5. The number of piperidine rings is 1. The molecule has 2 N–H and O–H groups in total. The van der Waals surface area contributed by atoms with Crippen LogP contribution in [0.4, 0.5) is 4.79 Å². The molecule has 0 spiro atoms. The summed E-state index contributed by atoms with van der Waals surface area (Å²) < 4.78 is 0. The van der Waals surface area contributed by atoms with Crippen molar-refractivity contribution in [3.05, 3.63) is 0 Å². The zero-order chi connectivity index (χ0) is 11.8. The van der Waals surface area contributed by atoms with Crippen molar-refractivity contribution in [1.82, 2.24) is 15.5 Å². The van der Waals surface area contributed by atoms with Crippen LogP contribution in [0, 0.1) is 5.92 Å². The van der Waals surface area contributed by atoms with Gasteiger partial charge < -0.3 is 15.5 Å². The highest BCUT2D eigenvalue weighted by Gasteiger charge is 2.21. The van der Waals surface area contributed by atoms with Gasteiger partial charge in [0.25, 0.3) is 0 Å². The summed E-state index contributed by atoms with van der Waals surface area (Å²) in [7, 11) is 0. The molecule has 0 aromatic rings. The van der Waals surface area contributed by atoms with Crippen molar-refractivity contribution in [2.45, 2.75) is 33.1 Å². The molecule has 4 heteroatoms. The van der Waals surface area contributed by atoms with E-state index in [1.54, 1.807) is 0 Å². The molecule has 0 saturated carbocycles. The number of hydrogen-bond acceptors (Lipinski definition) is 2. The van der Waals surface area contributed by atoms with Gasteiger partial charge in [0.1, 0.15) is 0 Å². The molecule has 0 bridgehead atoms. The first-order chi connectivity index (χ1) is 7.77. The fraction of sp³-hybridized carbons (Fsp3) is 0.917. The molecule has 0 aromatic carbocycles. The second-order valence-electron chi connectivity index (χ2n) is 4.47. The number of carbonyl (C=O) groups excluding carboxylic acids is 1. The number of nitrogens with zero attached hydrogens (tertiary/aromatic N) is 1. The highest BCUT2D eigenvalue weighted by atomic mass is 16.2. The molecule has 0 aliphatic carbocycles. The average molecular weight is 227 g/mol. The summed E-state index contributed by atoms with van der Waals surface area (Å²) >= 11 is 0. The van der Waals surface area contributed by atoms with Gasteiger partial charge >= 0.3 is 6.03 Å². The van der Waals surface area contributed by atoms with E-state index < -0.39 is 0 Å². The Bertz CT molecular complexity index is 200. The van der Waals surface area contributed by atoms with E-state index in [4.69, 9.17) is 0 Å². The molecule has 16 heavy (non-hydrogen) atoms. The van der Waals surface area contributed by atoms with Crippen molar-refractivity contribution >= 4 is 6.03 Å². The van der Waals surface area contributed by atoms with Crippen LogP contribution in [0.5, 0.6) is 0 Å². The van der Waals surface area contributed by atoms with E-state index in [9.17, 15) is 4.79 Å². The zero-order valence-corrected chi connectivity index (χ0v) is 10.6. The van der Waals surface area contributed by atoms with Crippen LogP contribution in [0.2, 0.25) is 0 Å². The minimum Gasteiger partial charge on any atom is -0.338 e. The van der Waals surface area contributed by atoms with Gasteiger partial charge in [-0.05, 0) is 38.3 Å². The monoisotopic (exact) mass is 227 g/mol. The van der Waals surface area contributed by atoms with Gasteiger partial charge in [0.15, 0.2) is 0 Å². The molecular weight excluding hydrogens is 202 g/mol. The lowest BCUT2D eigenvalue weighted by atomic mass is 9.97. The third kappa shape index (κ3) is 4.39. The van der Waals surface area contributed by atoms with E-state index in [0.29, 0.717) is 0 Å². The van der Waals surface area contributed by atoms with Crippen molar-refractivity contribution in [2.75, 3.05) is 32.7 Å². The Balaban J connectivity index is 2.18. The van der Waals surface area contributed by atoms with Gasteiger partial charge in [0, 0.05) is 19.6 Å². The van der Waals surface area contributed by atoms with Gasteiger partial charge in [-0.3, -0.25) is 0 Å². The lowest BCUT2D eigenvalue weighted by Gasteiger charge is -2.32. The van der Waals surface area contributed by atoms with Crippen molar-refractivity contribution in [3.8, 4) is 0 Å². The Labute approximate surface area is 98.8 Å². The first kappa shape index (κ1) is 13.3. The van der Waals surface area contributed by atoms with Crippen LogP contribution in [0.3, 0.4) is 0 Å². The Kier molecular flexibility index (Phi) is 6.23. The minimum atomic E-state index is 0.115. The number of likely N-dealkylation sites (tertiary alicyclic amines) is 1. The number of nitrogens with one attached hydrogen (secondary N) is 2. The summed E-state index contributed by atoms with van der Waals surface area (Å²) in [5.41, 5.74) is 0. The molecule has 0 aromatic heterocycles. The molecular formula is C12H25N3O. The summed E-state index contributed by atoms with van der Waals surface area (Å²) in [4.78, 5) is 13.6. The molecule has 94 valence electrons. The fourth-order valence-electron chi connectivity index (χ4n) is 2.03. The lowest BCUT2D eigenvalue weighted by Crippen LogP contribution is -2.45. The van der Waals surface area contributed by atoms with Gasteiger partial charge in [0.2, 0.25) is 0 Å². The molecule has 1 aliphatic rings. The number of urea groups is 1. The molecule has 0 radical (unpaired) electrons. The van der Waals surface area contributed by atoms with Crippen LogP contribution in [0.15, 0.2) is 0 Å². The molecule has 0 atom stereocenters. The minimum absolute atomic E-state index is 0.115. The van der Waals surface area contributed by atoms with E-state index >= 15 is 0 Å². The van der Waals surface area contributed by atoms with Gasteiger partial charge in [-0.15, -0.1) is 0 Å². The van der Waals surface area contributed by atoms with Crippen molar-refractivity contribution in [3.63, 3.8) is 0 Å². The molecule has 1 saturated heterocycles. The second kappa shape index (κ2) is 7.49. The first-order valence-electron chi connectivity index (χ1n) is 6.51. The predicted molar refractivity (Wildman–Crippen MR) is 66.5 cm³/mol. The van der Waals surface area contributed by atoms with E-state index in [2.05, 4.69) is 24.5 Å². The molecule has 1 fully saturated rings. The fourth-order valence-corrected chi connectivity index (χ4v) is 2.03. The SMILES string of the molecule is CCCNC(=O)N1CCC(CNCC)CC1. The first-order valence-corrected chi connectivity index (χ1v) is 6.51. The maximum Gasteiger partial charge on any atom is 0.317 e. The van der Waals surface area contributed by atoms with Crippen LogP contribution in [-0.4, -0.2) is 43.7 Å². The Morgan fingerprint density at radius 3 is 2.56 bits per heavy atom. The highest BCUT2D eigenvalue weighted by molar-refractivity contribution is 5.74. The number of hydrogen-bond donors (Lipinski definition) is 2. The maximum absolute atomic E-state index is 11.7. The summed E-state index contributed by atoms with van der Waals surface area (Å²) in [6, 6.07) is 0.115. The van der Waals surface area contributed by atoms with Gasteiger partial charge in [-0.2, -0.15) is 0 Å². The molecule has 4 nitrogen and oxygen atoms in total. The van der Waals surface area contributed by atoms with E-state index in [1.165, 1.54) is 0 Å². The van der Waals surface area contributed by atoms with Gasteiger partial charge in [-0.25, -0.2) is 4.79 Å². The highest BCUT2D eigenvalue weighted by Crippen LogP contribution is 2.16. The summed E-state index contributed by atoms with van der Waals surface area (Å²) in [5.74, 6) is 0.746. The summed E-state index contributed by atoms with van der Waals surface area (Å²) in [5, 5.41) is 6.31. The van der Waals surface area contributed by atoms with E-state index in [0.717, 1.165) is 57.9 Å². The molecule has 0 unspecified atom stereocenters. The standard InChI is InChI=1S/C12H25N3O/c1-3-7-14-12(16)15-8-5-11(6-9-15)10-13-4-2/h11,13H,3-10H2,1-2H3,(H,14,16). The lowest BCUT2D eigenvalue weighted by molar-refractivity contribution is 0.170. The van der Waals surface area contributed by atoms with Crippen LogP contribution in [-0.2, 0) is 0 Å². The Hall–Kier alpha value is -0.770. The largest absolute Gasteiger partial charge is 0.338 e. The number of carbonyl (C=O) groups is 1. The van der Waals surface area contributed by atoms with Crippen LogP contribution in [0.1, 0.15) is 33.1 Å². The second-order valence-corrected chi connectivity index (χ2v) is 4.47.